The Balaban J connectivity index is 0.000000634. The van der Waals surface area contributed by atoms with E-state index >= 15 is 0 Å². The highest BCUT2D eigenvalue weighted by Crippen LogP contribution is 2.31. The number of carbonyl (C=O) groups excluding carboxylic acids is 2. The molecular weight excluding hydrogens is 507 g/mol. The molecule has 200 valence electrons. The molecule has 1 saturated carbocycles. The average molecular weight is 534 g/mol. The van der Waals surface area contributed by atoms with Gasteiger partial charge in [-0.2, -0.15) is 13.2 Å². The first kappa shape index (κ1) is 27.4. The first-order chi connectivity index (χ1) is 18.7. The third-order valence-corrected chi connectivity index (χ3v) is 6.02. The molecule has 3 heterocycles. The molecule has 1 aliphatic carbocycles. The minimum atomic E-state index is -4.58. The van der Waals surface area contributed by atoms with Crippen LogP contribution >= 0.6 is 0 Å². The van der Waals surface area contributed by atoms with Crippen molar-refractivity contribution in [3.8, 4) is 22.4 Å². The number of carbonyl (C=O) groups is 2. The Labute approximate surface area is 223 Å². The molecular formula is C29H26F3N5O2. The van der Waals surface area contributed by atoms with Crippen molar-refractivity contribution >= 4 is 23.7 Å². The minimum Gasteiger partial charge on any atom is -0.373 e. The van der Waals surface area contributed by atoms with Crippen LogP contribution in [0.15, 0.2) is 73.3 Å². The van der Waals surface area contributed by atoms with Gasteiger partial charge in [0, 0.05) is 49.0 Å². The van der Waals surface area contributed by atoms with Crippen LogP contribution in [0.4, 0.5) is 24.7 Å². The molecule has 4 aromatic rings. The number of aryl methyl sites for hydroxylation is 1. The topological polar surface area (TPSA) is 96.9 Å². The van der Waals surface area contributed by atoms with Gasteiger partial charge in [0.05, 0.1) is 16.8 Å². The number of nitrogens with one attached hydrogen (secondary N) is 2. The zero-order valence-corrected chi connectivity index (χ0v) is 21.3. The number of benzene rings is 1. The second-order valence-corrected chi connectivity index (χ2v) is 9.03. The van der Waals surface area contributed by atoms with Crippen molar-refractivity contribution in [2.24, 2.45) is 5.92 Å². The highest BCUT2D eigenvalue weighted by atomic mass is 19.4. The molecule has 0 atom stereocenters. The van der Waals surface area contributed by atoms with Gasteiger partial charge in [0.2, 0.25) is 0 Å². The largest absolute Gasteiger partial charge is 0.417 e. The summed E-state index contributed by atoms with van der Waals surface area (Å²) in [4.78, 5) is 34.4. The van der Waals surface area contributed by atoms with Crippen LogP contribution in [0.5, 0.6) is 0 Å². The van der Waals surface area contributed by atoms with Crippen molar-refractivity contribution in [1.29, 1.82) is 0 Å². The van der Waals surface area contributed by atoms with Crippen molar-refractivity contribution in [3.05, 3.63) is 90.0 Å². The van der Waals surface area contributed by atoms with Crippen LogP contribution < -0.4 is 10.6 Å². The lowest BCUT2D eigenvalue weighted by molar-refractivity contribution is -0.137. The standard InChI is InChI=1S/C25H20F3N5O.C4H6O/c1-15-3-4-20(33-24(34)18-9-19(14-30-13-18)25(26,27)28)12-21(15)16-5-7-31-22(10-16)17-6-8-32-23(11-17)29-2;5-3-4-1-2-4/h3-14H,1-2H3,(H,29,32)(H,33,34);3-4H,1-2H2. The van der Waals surface area contributed by atoms with Crippen LogP contribution in [-0.4, -0.2) is 34.2 Å². The number of anilines is 2. The molecule has 3 aromatic heterocycles. The highest BCUT2D eigenvalue weighted by Gasteiger charge is 2.31. The Morgan fingerprint density at radius 2 is 1.72 bits per heavy atom. The van der Waals surface area contributed by atoms with Crippen LogP contribution in [0.1, 0.15) is 34.3 Å². The summed E-state index contributed by atoms with van der Waals surface area (Å²) in [5, 5.41) is 5.65. The summed E-state index contributed by atoms with van der Waals surface area (Å²) in [5.74, 6) is 0.491. The molecule has 39 heavy (non-hydrogen) atoms. The predicted molar refractivity (Wildman–Crippen MR) is 143 cm³/mol. The van der Waals surface area contributed by atoms with E-state index in [1.165, 1.54) is 0 Å². The lowest BCUT2D eigenvalue weighted by Crippen LogP contribution is -2.14. The SMILES string of the molecule is CNc1cc(-c2cc(-c3cc(NC(=O)c4cncc(C(F)(F)F)c4)ccc3C)ccn2)ccn1.O=CC1CC1. The number of rotatable bonds is 6. The van der Waals surface area contributed by atoms with Gasteiger partial charge >= 0.3 is 6.18 Å². The Morgan fingerprint density at radius 1 is 0.974 bits per heavy atom. The molecule has 1 fully saturated rings. The van der Waals surface area contributed by atoms with E-state index in [-0.39, 0.29) is 5.56 Å². The number of hydrogen-bond acceptors (Lipinski definition) is 6. The third-order valence-electron chi connectivity index (χ3n) is 6.02. The van der Waals surface area contributed by atoms with E-state index in [1.54, 1.807) is 31.6 Å². The lowest BCUT2D eigenvalue weighted by Gasteiger charge is -2.12. The van der Waals surface area contributed by atoms with Gasteiger partial charge < -0.3 is 15.4 Å². The third kappa shape index (κ3) is 7.25. The van der Waals surface area contributed by atoms with Crippen LogP contribution in [0.25, 0.3) is 22.4 Å². The van der Waals surface area contributed by atoms with E-state index in [4.69, 9.17) is 0 Å². The van der Waals surface area contributed by atoms with E-state index < -0.39 is 17.6 Å². The zero-order valence-electron chi connectivity index (χ0n) is 21.3. The van der Waals surface area contributed by atoms with E-state index in [0.29, 0.717) is 17.8 Å². The zero-order chi connectivity index (χ0) is 28.0. The fourth-order valence-electron chi connectivity index (χ4n) is 3.65. The molecule has 0 radical (unpaired) electrons. The molecule has 10 heteroatoms. The fraction of sp³-hybridized carbons (Fsp3) is 0.207. The van der Waals surface area contributed by atoms with Crippen molar-refractivity contribution in [2.75, 3.05) is 17.7 Å². The van der Waals surface area contributed by atoms with Crippen molar-refractivity contribution in [3.63, 3.8) is 0 Å². The van der Waals surface area contributed by atoms with Crippen LogP contribution in [0.3, 0.4) is 0 Å². The summed E-state index contributed by atoms with van der Waals surface area (Å²) >= 11 is 0. The molecule has 2 N–H and O–H groups in total. The predicted octanol–water partition coefficient (Wildman–Crippen LogP) is 6.42. The maximum atomic E-state index is 13.0. The van der Waals surface area contributed by atoms with Gasteiger partial charge in [0.1, 0.15) is 12.1 Å². The van der Waals surface area contributed by atoms with Gasteiger partial charge in [-0.25, -0.2) is 4.98 Å². The second kappa shape index (κ2) is 11.8. The van der Waals surface area contributed by atoms with Gasteiger partial charge in [0.15, 0.2) is 0 Å². The number of pyridine rings is 3. The summed E-state index contributed by atoms with van der Waals surface area (Å²) in [6, 6.07) is 13.6. The molecule has 1 amide bonds. The maximum absolute atomic E-state index is 13.0. The Morgan fingerprint density at radius 3 is 2.38 bits per heavy atom. The number of aldehydes is 1. The van der Waals surface area contributed by atoms with Gasteiger partial charge in [0.25, 0.3) is 5.91 Å². The quantitative estimate of drug-likeness (QED) is 0.278. The average Bonchev–Trinajstić information content (AvgIpc) is 3.79. The monoisotopic (exact) mass is 533 g/mol. The molecule has 0 aliphatic heterocycles. The Kier molecular flexibility index (Phi) is 8.33. The van der Waals surface area contributed by atoms with E-state index in [9.17, 15) is 22.8 Å². The Hall–Kier alpha value is -4.60. The fourth-order valence-corrected chi connectivity index (χ4v) is 3.65. The number of halogens is 3. The molecule has 0 saturated heterocycles. The van der Waals surface area contributed by atoms with Crippen LogP contribution in [-0.2, 0) is 11.0 Å². The van der Waals surface area contributed by atoms with Gasteiger partial charge in [-0.3, -0.25) is 14.8 Å². The number of amides is 1. The minimum absolute atomic E-state index is 0.179. The molecule has 1 aromatic carbocycles. The number of nitrogens with zero attached hydrogens (tertiary/aromatic N) is 3. The first-order valence-electron chi connectivity index (χ1n) is 12.2. The van der Waals surface area contributed by atoms with Gasteiger partial charge in [-0.1, -0.05) is 6.07 Å². The molecule has 0 unspecified atom stereocenters. The molecule has 5 rings (SSSR count). The van der Waals surface area contributed by atoms with E-state index in [0.717, 1.165) is 65.2 Å². The molecule has 7 nitrogen and oxygen atoms in total. The van der Waals surface area contributed by atoms with Gasteiger partial charge in [-0.05, 0) is 78.9 Å². The normalized spacial score (nSPS) is 12.6. The summed E-state index contributed by atoms with van der Waals surface area (Å²) < 4.78 is 38.9. The number of alkyl halides is 3. The maximum Gasteiger partial charge on any atom is 0.417 e. The second-order valence-electron chi connectivity index (χ2n) is 9.03. The lowest BCUT2D eigenvalue weighted by atomic mass is 9.99. The van der Waals surface area contributed by atoms with E-state index in [1.807, 2.05) is 37.3 Å². The van der Waals surface area contributed by atoms with Crippen molar-refractivity contribution in [2.45, 2.75) is 25.9 Å². The molecule has 0 bridgehead atoms. The molecule has 1 aliphatic rings. The number of hydrogen-bond donors (Lipinski definition) is 2. The van der Waals surface area contributed by atoms with Crippen LogP contribution in [0.2, 0.25) is 0 Å². The number of aromatic nitrogens is 3. The van der Waals surface area contributed by atoms with E-state index in [2.05, 4.69) is 25.6 Å². The van der Waals surface area contributed by atoms with Gasteiger partial charge in [-0.15, -0.1) is 0 Å². The van der Waals surface area contributed by atoms with Crippen LogP contribution in [0, 0.1) is 12.8 Å². The summed E-state index contributed by atoms with van der Waals surface area (Å²) in [6.45, 7) is 1.93. The Bertz CT molecular complexity index is 1490. The molecule has 0 spiro atoms. The smallest absolute Gasteiger partial charge is 0.373 e. The van der Waals surface area contributed by atoms with Crippen molar-refractivity contribution in [1.82, 2.24) is 15.0 Å². The first-order valence-corrected chi connectivity index (χ1v) is 12.2. The van der Waals surface area contributed by atoms with Crippen molar-refractivity contribution < 1.29 is 22.8 Å². The summed E-state index contributed by atoms with van der Waals surface area (Å²) in [5.41, 5.74) is 3.62. The summed E-state index contributed by atoms with van der Waals surface area (Å²) in [6.07, 6.45) is 3.91. The highest BCUT2D eigenvalue weighted by molar-refractivity contribution is 6.04. The summed E-state index contributed by atoms with van der Waals surface area (Å²) in [7, 11) is 1.79.